The van der Waals surface area contributed by atoms with Crippen LogP contribution in [0.5, 0.6) is 0 Å². The molecule has 1 atom stereocenters. The van der Waals surface area contributed by atoms with Gasteiger partial charge in [0.05, 0.1) is 0 Å². The lowest BCUT2D eigenvalue weighted by molar-refractivity contribution is 0.352. The Morgan fingerprint density at radius 3 is 2.84 bits per heavy atom. The summed E-state index contributed by atoms with van der Waals surface area (Å²) in [5.74, 6) is -0.753. The molecule has 2 nitrogen and oxygen atoms in total. The summed E-state index contributed by atoms with van der Waals surface area (Å²) in [7, 11) is 0. The van der Waals surface area contributed by atoms with Gasteiger partial charge in [-0.25, -0.2) is 8.78 Å². The van der Waals surface area contributed by atoms with Crippen molar-refractivity contribution in [2.24, 2.45) is 5.92 Å². The molecule has 1 aliphatic heterocycles. The van der Waals surface area contributed by atoms with Crippen molar-refractivity contribution in [3.05, 3.63) is 35.4 Å². The largest absolute Gasteiger partial charge is 0.316 e. The molecule has 0 bridgehead atoms. The Kier molecular flexibility index (Phi) is 5.73. The van der Waals surface area contributed by atoms with Gasteiger partial charge >= 0.3 is 0 Å². The molecule has 19 heavy (non-hydrogen) atoms. The van der Waals surface area contributed by atoms with Crippen molar-refractivity contribution in [1.82, 2.24) is 10.6 Å². The van der Waals surface area contributed by atoms with Crippen LogP contribution in [0.4, 0.5) is 8.78 Å². The smallest absolute Gasteiger partial charge is 0.159 e. The minimum atomic E-state index is -0.776. The fourth-order valence-corrected chi connectivity index (χ4v) is 2.53. The predicted molar refractivity (Wildman–Crippen MR) is 73.1 cm³/mol. The van der Waals surface area contributed by atoms with Crippen LogP contribution in [0.3, 0.4) is 0 Å². The van der Waals surface area contributed by atoms with Crippen molar-refractivity contribution in [3.63, 3.8) is 0 Å². The number of nitrogens with one attached hydrogen (secondary N) is 2. The van der Waals surface area contributed by atoms with Gasteiger partial charge < -0.3 is 10.6 Å². The number of hydrogen-bond acceptors (Lipinski definition) is 2. The summed E-state index contributed by atoms with van der Waals surface area (Å²) >= 11 is 0. The predicted octanol–water partition coefficient (Wildman–Crippen LogP) is 2.49. The van der Waals surface area contributed by atoms with Crippen molar-refractivity contribution in [3.8, 4) is 0 Å². The maximum Gasteiger partial charge on any atom is 0.159 e. The van der Waals surface area contributed by atoms with Gasteiger partial charge in [0.2, 0.25) is 0 Å². The molecule has 0 saturated carbocycles. The van der Waals surface area contributed by atoms with Crippen LogP contribution in [0.1, 0.15) is 24.8 Å². The second-order valence-corrected chi connectivity index (χ2v) is 5.25. The lowest BCUT2D eigenvalue weighted by Gasteiger charge is -2.22. The van der Waals surface area contributed by atoms with E-state index in [1.807, 2.05) is 0 Å². The third-order valence-corrected chi connectivity index (χ3v) is 3.70. The van der Waals surface area contributed by atoms with Gasteiger partial charge in [0.15, 0.2) is 11.6 Å². The Labute approximate surface area is 113 Å². The van der Waals surface area contributed by atoms with Gasteiger partial charge in [-0.2, -0.15) is 0 Å². The highest BCUT2D eigenvalue weighted by atomic mass is 19.2. The van der Waals surface area contributed by atoms with E-state index in [4.69, 9.17) is 0 Å². The van der Waals surface area contributed by atoms with Gasteiger partial charge in [-0.1, -0.05) is 6.07 Å². The van der Waals surface area contributed by atoms with Crippen molar-refractivity contribution in [2.45, 2.75) is 25.7 Å². The summed E-state index contributed by atoms with van der Waals surface area (Å²) in [4.78, 5) is 0. The van der Waals surface area contributed by atoms with Crippen molar-refractivity contribution in [2.75, 3.05) is 26.2 Å². The summed E-state index contributed by atoms with van der Waals surface area (Å²) < 4.78 is 25.7. The second-order valence-electron chi connectivity index (χ2n) is 5.25. The first kappa shape index (κ1) is 14.4. The molecule has 2 rings (SSSR count). The van der Waals surface area contributed by atoms with E-state index in [1.165, 1.54) is 31.4 Å². The first-order chi connectivity index (χ1) is 9.25. The standard InChI is InChI=1S/C15H22F2N2/c16-14-4-3-12(10-15(14)17)5-8-18-9-6-13-2-1-7-19-11-13/h3-4,10,13,18-19H,1-2,5-9,11H2. The zero-order valence-electron chi connectivity index (χ0n) is 11.2. The molecule has 1 aliphatic rings. The minimum Gasteiger partial charge on any atom is -0.316 e. The van der Waals surface area contributed by atoms with E-state index in [0.29, 0.717) is 0 Å². The molecule has 1 aromatic carbocycles. The number of piperidine rings is 1. The van der Waals surface area contributed by atoms with Gasteiger partial charge in [0.25, 0.3) is 0 Å². The highest BCUT2D eigenvalue weighted by Gasteiger charge is 2.11. The van der Waals surface area contributed by atoms with Crippen LogP contribution < -0.4 is 10.6 Å². The summed E-state index contributed by atoms with van der Waals surface area (Å²) in [5.41, 5.74) is 0.839. The highest BCUT2D eigenvalue weighted by molar-refractivity contribution is 5.17. The first-order valence-corrected chi connectivity index (χ1v) is 7.11. The van der Waals surface area contributed by atoms with Crippen LogP contribution in [-0.2, 0) is 6.42 Å². The van der Waals surface area contributed by atoms with Crippen molar-refractivity contribution < 1.29 is 8.78 Å². The summed E-state index contributed by atoms with van der Waals surface area (Å²) in [6.07, 6.45) is 4.52. The van der Waals surface area contributed by atoms with Gasteiger partial charge in [0.1, 0.15) is 0 Å². The summed E-state index contributed by atoms with van der Waals surface area (Å²) in [6, 6.07) is 4.12. The Bertz CT molecular complexity index is 390. The van der Waals surface area contributed by atoms with Crippen LogP contribution in [0.15, 0.2) is 18.2 Å². The zero-order chi connectivity index (χ0) is 13.5. The molecule has 1 fully saturated rings. The molecule has 1 aromatic rings. The van der Waals surface area contributed by atoms with E-state index in [1.54, 1.807) is 6.07 Å². The lowest BCUT2D eigenvalue weighted by atomic mass is 9.96. The third kappa shape index (κ3) is 4.88. The molecule has 0 radical (unpaired) electrons. The van der Waals surface area contributed by atoms with Crippen LogP contribution in [0.25, 0.3) is 0 Å². The topological polar surface area (TPSA) is 24.1 Å². The number of hydrogen-bond donors (Lipinski definition) is 2. The molecule has 0 aliphatic carbocycles. The van der Waals surface area contributed by atoms with Crippen molar-refractivity contribution in [1.29, 1.82) is 0 Å². The van der Waals surface area contributed by atoms with Crippen LogP contribution in [0.2, 0.25) is 0 Å². The van der Waals surface area contributed by atoms with Crippen LogP contribution in [0, 0.1) is 17.6 Å². The van der Waals surface area contributed by atoms with E-state index >= 15 is 0 Å². The fraction of sp³-hybridized carbons (Fsp3) is 0.600. The minimum absolute atomic E-state index is 0.736. The molecule has 106 valence electrons. The van der Waals surface area contributed by atoms with E-state index in [-0.39, 0.29) is 0 Å². The average molecular weight is 268 g/mol. The maximum absolute atomic E-state index is 13.0. The summed E-state index contributed by atoms with van der Waals surface area (Å²) in [5, 5.41) is 6.78. The number of benzene rings is 1. The fourth-order valence-electron chi connectivity index (χ4n) is 2.53. The molecular weight excluding hydrogens is 246 g/mol. The van der Waals surface area contributed by atoms with Crippen LogP contribution >= 0.6 is 0 Å². The second kappa shape index (κ2) is 7.56. The monoisotopic (exact) mass is 268 g/mol. The Hall–Kier alpha value is -1.00. The molecular formula is C15H22F2N2. The van der Waals surface area contributed by atoms with Gasteiger partial charge in [-0.15, -0.1) is 0 Å². The number of rotatable bonds is 6. The van der Waals surface area contributed by atoms with Gasteiger partial charge in [-0.05, 0) is 75.5 Å². The molecule has 1 unspecified atom stereocenters. The van der Waals surface area contributed by atoms with Gasteiger partial charge in [-0.3, -0.25) is 0 Å². The normalized spacial score (nSPS) is 19.6. The van der Waals surface area contributed by atoms with E-state index in [0.717, 1.165) is 44.1 Å². The Morgan fingerprint density at radius 1 is 1.21 bits per heavy atom. The van der Waals surface area contributed by atoms with Crippen molar-refractivity contribution >= 4 is 0 Å². The number of halogens is 2. The lowest BCUT2D eigenvalue weighted by Crippen LogP contribution is -2.32. The molecule has 0 aromatic heterocycles. The van der Waals surface area contributed by atoms with E-state index < -0.39 is 11.6 Å². The molecule has 4 heteroatoms. The molecule has 1 saturated heterocycles. The SMILES string of the molecule is Fc1ccc(CCNCCC2CCCNC2)cc1F. The summed E-state index contributed by atoms with van der Waals surface area (Å²) in [6.45, 7) is 4.09. The quantitative estimate of drug-likeness (QED) is 0.775. The zero-order valence-corrected chi connectivity index (χ0v) is 11.2. The molecule has 0 spiro atoms. The maximum atomic E-state index is 13.0. The first-order valence-electron chi connectivity index (χ1n) is 7.11. The van der Waals surface area contributed by atoms with E-state index in [2.05, 4.69) is 10.6 Å². The molecule has 0 amide bonds. The Balaban J connectivity index is 1.59. The van der Waals surface area contributed by atoms with Crippen LogP contribution in [-0.4, -0.2) is 26.2 Å². The average Bonchev–Trinajstić information content (AvgIpc) is 2.43. The van der Waals surface area contributed by atoms with Gasteiger partial charge in [0, 0.05) is 0 Å². The highest BCUT2D eigenvalue weighted by Crippen LogP contribution is 2.13. The Morgan fingerprint density at radius 2 is 2.11 bits per heavy atom. The van der Waals surface area contributed by atoms with E-state index in [9.17, 15) is 8.78 Å². The molecule has 2 N–H and O–H groups in total. The molecule has 1 heterocycles. The third-order valence-electron chi connectivity index (χ3n) is 3.70.